The summed E-state index contributed by atoms with van der Waals surface area (Å²) in [4.78, 5) is 11.9. The number of hydrogen-bond donors (Lipinski definition) is 0. The second-order valence-electron chi connectivity index (χ2n) is 7.51. The molecule has 6 nitrogen and oxygen atoms in total. The van der Waals surface area contributed by atoms with Crippen molar-refractivity contribution in [2.24, 2.45) is 0 Å². The maximum Gasteiger partial charge on any atom is 0.303 e. The molecular formula is C24H28O6S. The van der Waals surface area contributed by atoms with E-state index in [0.29, 0.717) is 13.2 Å². The first kappa shape index (κ1) is 22.3. The van der Waals surface area contributed by atoms with E-state index in [-0.39, 0.29) is 17.5 Å². The van der Waals surface area contributed by atoms with Crippen molar-refractivity contribution >= 4 is 17.7 Å². The molecule has 2 fully saturated rings. The summed E-state index contributed by atoms with van der Waals surface area (Å²) in [6, 6.07) is 19.7. The van der Waals surface area contributed by atoms with Crippen molar-refractivity contribution in [3.63, 3.8) is 0 Å². The fraction of sp³-hybridized carbons (Fsp3) is 0.458. The van der Waals surface area contributed by atoms with E-state index in [4.69, 9.17) is 23.7 Å². The van der Waals surface area contributed by atoms with E-state index in [2.05, 4.69) is 0 Å². The molecule has 166 valence electrons. The molecule has 0 bridgehead atoms. The van der Waals surface area contributed by atoms with E-state index in [9.17, 15) is 4.79 Å². The Morgan fingerprint density at radius 3 is 2.42 bits per heavy atom. The number of thioether (sulfide) groups is 1. The van der Waals surface area contributed by atoms with Crippen molar-refractivity contribution in [3.05, 3.63) is 71.8 Å². The lowest BCUT2D eigenvalue weighted by atomic mass is 9.98. The van der Waals surface area contributed by atoms with Gasteiger partial charge >= 0.3 is 5.97 Å². The number of carbonyl (C=O) groups is 1. The summed E-state index contributed by atoms with van der Waals surface area (Å²) in [7, 11) is 0. The van der Waals surface area contributed by atoms with Gasteiger partial charge in [-0.05, 0) is 11.3 Å². The first-order valence-electron chi connectivity index (χ1n) is 10.6. The second-order valence-corrected chi connectivity index (χ2v) is 8.89. The Hall–Kier alpha value is -1.90. The van der Waals surface area contributed by atoms with Crippen LogP contribution in [0.2, 0.25) is 0 Å². The van der Waals surface area contributed by atoms with E-state index in [1.807, 2.05) is 67.6 Å². The summed E-state index contributed by atoms with van der Waals surface area (Å²) in [5.74, 6) is 0.452. The maximum absolute atomic E-state index is 11.9. The van der Waals surface area contributed by atoms with Crippen molar-refractivity contribution < 1.29 is 28.5 Å². The zero-order chi connectivity index (χ0) is 21.6. The van der Waals surface area contributed by atoms with Crippen LogP contribution in [0.15, 0.2) is 60.7 Å². The van der Waals surface area contributed by atoms with E-state index in [0.717, 1.165) is 16.9 Å². The largest absolute Gasteiger partial charge is 0.456 e. The summed E-state index contributed by atoms with van der Waals surface area (Å²) >= 11 is 1.59. The van der Waals surface area contributed by atoms with Gasteiger partial charge in [-0.1, -0.05) is 67.6 Å². The molecule has 0 N–H and O–H groups in total. The summed E-state index contributed by atoms with van der Waals surface area (Å²) in [5.41, 5.74) is 1.62. The van der Waals surface area contributed by atoms with Crippen LogP contribution in [0.1, 0.15) is 31.3 Å². The maximum atomic E-state index is 11.9. The van der Waals surface area contributed by atoms with Gasteiger partial charge in [-0.15, -0.1) is 11.8 Å². The molecule has 7 heteroatoms. The van der Waals surface area contributed by atoms with Gasteiger partial charge < -0.3 is 23.7 Å². The fourth-order valence-electron chi connectivity index (χ4n) is 3.90. The molecule has 0 amide bonds. The van der Waals surface area contributed by atoms with Crippen LogP contribution in [0.5, 0.6) is 0 Å². The second kappa shape index (κ2) is 10.6. The molecule has 2 aromatic rings. The Morgan fingerprint density at radius 1 is 1.03 bits per heavy atom. The van der Waals surface area contributed by atoms with Crippen molar-refractivity contribution in [2.75, 3.05) is 12.4 Å². The minimum atomic E-state index is -0.582. The smallest absolute Gasteiger partial charge is 0.303 e. The van der Waals surface area contributed by atoms with Crippen LogP contribution < -0.4 is 0 Å². The van der Waals surface area contributed by atoms with Crippen LogP contribution >= 0.6 is 11.8 Å². The minimum Gasteiger partial charge on any atom is -0.456 e. The quantitative estimate of drug-likeness (QED) is 0.596. The van der Waals surface area contributed by atoms with Crippen LogP contribution in [-0.2, 0) is 35.1 Å². The monoisotopic (exact) mass is 444 g/mol. The highest BCUT2D eigenvalue weighted by Gasteiger charge is 2.52. The van der Waals surface area contributed by atoms with Gasteiger partial charge in [0.1, 0.15) is 23.7 Å². The predicted octanol–water partition coefficient (Wildman–Crippen LogP) is 4.10. The van der Waals surface area contributed by atoms with Crippen molar-refractivity contribution in [1.82, 2.24) is 0 Å². The molecule has 0 spiro atoms. The van der Waals surface area contributed by atoms with Crippen molar-refractivity contribution in [2.45, 2.75) is 56.6 Å². The zero-order valence-electron chi connectivity index (χ0n) is 17.7. The van der Waals surface area contributed by atoms with Crippen LogP contribution in [0.25, 0.3) is 0 Å². The lowest BCUT2D eigenvalue weighted by Gasteiger charge is -2.48. The number of rotatable bonds is 7. The SMILES string of the molecule is CCS[C@@H]1O[C@@H]2COC(c3ccccc3)O[C@@H]2[C@H](OCc2ccccc2)[C@H]1OC(C)=O. The number of carbonyl (C=O) groups excluding carboxylic acids is 1. The van der Waals surface area contributed by atoms with E-state index >= 15 is 0 Å². The highest BCUT2D eigenvalue weighted by atomic mass is 32.2. The number of benzene rings is 2. The first-order chi connectivity index (χ1) is 15.2. The molecule has 1 unspecified atom stereocenters. The van der Waals surface area contributed by atoms with Crippen LogP contribution in [0.3, 0.4) is 0 Å². The Morgan fingerprint density at radius 2 is 1.74 bits per heavy atom. The van der Waals surface area contributed by atoms with Gasteiger partial charge in [0.15, 0.2) is 12.4 Å². The molecule has 0 aliphatic carbocycles. The molecule has 0 aromatic heterocycles. The highest BCUT2D eigenvalue weighted by Crippen LogP contribution is 2.39. The van der Waals surface area contributed by atoms with Gasteiger partial charge in [-0.3, -0.25) is 4.79 Å². The summed E-state index contributed by atoms with van der Waals surface area (Å²) < 4.78 is 30.7. The topological polar surface area (TPSA) is 63.2 Å². The van der Waals surface area contributed by atoms with Gasteiger partial charge in [-0.25, -0.2) is 0 Å². The van der Waals surface area contributed by atoms with Gasteiger partial charge in [0.05, 0.1) is 13.2 Å². The van der Waals surface area contributed by atoms with Crippen LogP contribution in [-0.4, -0.2) is 48.2 Å². The summed E-state index contributed by atoms with van der Waals surface area (Å²) in [6.45, 7) is 4.22. The number of hydrogen-bond acceptors (Lipinski definition) is 7. The van der Waals surface area contributed by atoms with Crippen LogP contribution in [0.4, 0.5) is 0 Å². The third-order valence-electron chi connectivity index (χ3n) is 5.27. The first-order valence-corrected chi connectivity index (χ1v) is 11.6. The Labute approximate surface area is 187 Å². The fourth-order valence-corrected chi connectivity index (χ4v) is 4.85. The van der Waals surface area contributed by atoms with E-state index in [1.165, 1.54) is 6.92 Å². The average molecular weight is 445 g/mol. The molecule has 2 saturated heterocycles. The molecule has 4 rings (SSSR count). The van der Waals surface area contributed by atoms with Gasteiger partial charge in [0.2, 0.25) is 0 Å². The average Bonchev–Trinajstić information content (AvgIpc) is 2.79. The summed E-state index contributed by atoms with van der Waals surface area (Å²) in [5, 5.41) is 0. The molecule has 2 aliphatic heterocycles. The van der Waals surface area contributed by atoms with Gasteiger partial charge in [0, 0.05) is 12.5 Å². The highest BCUT2D eigenvalue weighted by molar-refractivity contribution is 7.99. The lowest BCUT2D eigenvalue weighted by molar-refractivity contribution is -0.326. The normalized spacial score (nSPS) is 30.4. The molecule has 0 radical (unpaired) electrons. The molecule has 0 saturated carbocycles. The van der Waals surface area contributed by atoms with Crippen molar-refractivity contribution in [1.29, 1.82) is 0 Å². The lowest BCUT2D eigenvalue weighted by Crippen LogP contribution is -2.62. The Balaban J connectivity index is 1.59. The zero-order valence-corrected chi connectivity index (χ0v) is 18.5. The minimum absolute atomic E-state index is 0.309. The number of fused-ring (bicyclic) bond motifs is 1. The third kappa shape index (κ3) is 5.48. The predicted molar refractivity (Wildman–Crippen MR) is 117 cm³/mol. The standard InChI is InChI=1S/C24H28O6S/c1-3-31-24-22(28-16(2)25)21(26-14-17-10-6-4-7-11-17)20-19(29-24)15-27-23(30-20)18-12-8-5-9-13-18/h4-13,19-24H,3,14-15H2,1-2H3/t19-,20+,21+,22-,23?,24+/m1/s1. The van der Waals surface area contributed by atoms with Crippen LogP contribution in [0, 0.1) is 0 Å². The van der Waals surface area contributed by atoms with Gasteiger partial charge in [-0.2, -0.15) is 0 Å². The molecule has 6 atom stereocenters. The molecule has 2 aliphatic rings. The van der Waals surface area contributed by atoms with E-state index < -0.39 is 24.6 Å². The molecular weight excluding hydrogens is 416 g/mol. The number of ether oxygens (including phenoxy) is 5. The Bertz CT molecular complexity index is 832. The summed E-state index contributed by atoms with van der Waals surface area (Å²) in [6.07, 6.45) is -2.33. The molecule has 31 heavy (non-hydrogen) atoms. The van der Waals surface area contributed by atoms with E-state index in [1.54, 1.807) is 11.8 Å². The van der Waals surface area contributed by atoms with Gasteiger partial charge in [0.25, 0.3) is 0 Å². The third-order valence-corrected chi connectivity index (χ3v) is 6.32. The van der Waals surface area contributed by atoms with Crippen molar-refractivity contribution in [3.8, 4) is 0 Å². The number of esters is 1. The molecule has 2 aromatic carbocycles. The Kier molecular flexibility index (Phi) is 7.63. The molecule has 2 heterocycles.